The molecule has 1 amide bonds. The lowest BCUT2D eigenvalue weighted by molar-refractivity contribution is 0.0986. The van der Waals surface area contributed by atoms with Crippen LogP contribution in [0.15, 0.2) is 54.6 Å². The Labute approximate surface area is 215 Å². The lowest BCUT2D eigenvalue weighted by atomic mass is 9.99. The summed E-state index contributed by atoms with van der Waals surface area (Å²) in [5.41, 5.74) is 5.29. The van der Waals surface area contributed by atoms with Gasteiger partial charge in [0.2, 0.25) is 0 Å². The monoisotopic (exact) mass is 516 g/mol. The topological polar surface area (TPSA) is 94.4 Å². The number of fused-ring (bicyclic) bond motifs is 2. The zero-order valence-corrected chi connectivity index (χ0v) is 21.7. The van der Waals surface area contributed by atoms with E-state index < -0.39 is 9.84 Å². The van der Waals surface area contributed by atoms with Crippen molar-refractivity contribution in [3.63, 3.8) is 0 Å². The number of methoxy groups -OCH3 is 1. The minimum absolute atomic E-state index is 0.0282. The molecule has 0 bridgehead atoms. The zero-order chi connectivity index (χ0) is 25.7. The number of amides is 1. The van der Waals surface area contributed by atoms with Crippen LogP contribution in [0.4, 0.5) is 5.69 Å². The van der Waals surface area contributed by atoms with Gasteiger partial charge in [-0.3, -0.25) is 4.79 Å². The zero-order valence-electron chi connectivity index (χ0n) is 20.8. The van der Waals surface area contributed by atoms with Crippen LogP contribution >= 0.6 is 0 Å². The molecule has 1 fully saturated rings. The van der Waals surface area contributed by atoms with Gasteiger partial charge in [-0.15, -0.1) is 0 Å². The number of carbonyl (C=O) groups is 1. The van der Waals surface area contributed by atoms with Gasteiger partial charge in [-0.05, 0) is 68.1 Å². The first-order valence-electron chi connectivity index (χ1n) is 12.5. The summed E-state index contributed by atoms with van der Waals surface area (Å²) in [6.07, 6.45) is 2.31. The van der Waals surface area contributed by atoms with E-state index in [1.165, 1.54) is 0 Å². The van der Waals surface area contributed by atoms with E-state index in [9.17, 15) is 13.2 Å². The van der Waals surface area contributed by atoms with E-state index in [1.807, 2.05) is 60.4 Å². The van der Waals surface area contributed by atoms with Crippen molar-refractivity contribution >= 4 is 32.5 Å². The summed E-state index contributed by atoms with van der Waals surface area (Å²) in [5, 5.41) is 5.41. The molecule has 190 valence electrons. The van der Waals surface area contributed by atoms with Gasteiger partial charge in [-0.25, -0.2) is 18.1 Å². The maximum absolute atomic E-state index is 14.2. The second-order valence-electron chi connectivity index (χ2n) is 9.76. The summed E-state index contributed by atoms with van der Waals surface area (Å²) in [5.74, 6) is 0.784. The molecule has 0 N–H and O–H groups in total. The maximum Gasteiger partial charge on any atom is 0.259 e. The number of benzene rings is 2. The normalized spacial score (nSPS) is 18.6. The van der Waals surface area contributed by atoms with Crippen molar-refractivity contribution < 1.29 is 17.9 Å². The molecule has 4 aromatic rings. The van der Waals surface area contributed by atoms with Gasteiger partial charge < -0.3 is 9.64 Å². The number of aromatic nitrogens is 3. The summed E-state index contributed by atoms with van der Waals surface area (Å²) in [6.45, 7) is 2.49. The van der Waals surface area contributed by atoms with Crippen LogP contribution in [-0.2, 0) is 16.3 Å². The number of hydrogen-bond donors (Lipinski definition) is 0. The molecule has 2 aromatic carbocycles. The second-order valence-corrected chi connectivity index (χ2v) is 12.0. The van der Waals surface area contributed by atoms with Crippen molar-refractivity contribution in [3.8, 4) is 17.0 Å². The molecule has 1 atom stereocenters. The molecule has 1 unspecified atom stereocenters. The molecule has 2 aromatic heterocycles. The highest BCUT2D eigenvalue weighted by Crippen LogP contribution is 2.35. The second kappa shape index (κ2) is 8.99. The number of anilines is 1. The van der Waals surface area contributed by atoms with Crippen LogP contribution in [0, 0.1) is 6.92 Å². The van der Waals surface area contributed by atoms with E-state index >= 15 is 0 Å². The highest BCUT2D eigenvalue weighted by Gasteiger charge is 2.33. The Morgan fingerprint density at radius 2 is 1.89 bits per heavy atom. The Morgan fingerprint density at radius 1 is 1.11 bits per heavy atom. The smallest absolute Gasteiger partial charge is 0.259 e. The Kier molecular flexibility index (Phi) is 5.75. The van der Waals surface area contributed by atoms with E-state index in [4.69, 9.17) is 14.8 Å². The number of sulfone groups is 1. The number of para-hydroxylation sites is 1. The number of carbonyl (C=O) groups excluding carboxylic acids is 1. The summed E-state index contributed by atoms with van der Waals surface area (Å²) in [4.78, 5) is 21.0. The van der Waals surface area contributed by atoms with Crippen molar-refractivity contribution in [2.75, 3.05) is 30.1 Å². The highest BCUT2D eigenvalue weighted by atomic mass is 32.2. The van der Waals surface area contributed by atoms with Crippen LogP contribution in [0.25, 0.3) is 22.3 Å². The van der Waals surface area contributed by atoms with E-state index in [2.05, 4.69) is 6.07 Å². The number of rotatable bonds is 4. The fraction of sp³-hybridized carbons (Fsp3) is 0.321. The maximum atomic E-state index is 14.2. The summed E-state index contributed by atoms with van der Waals surface area (Å²) >= 11 is 0. The molecular formula is C28H28N4O4S. The van der Waals surface area contributed by atoms with Crippen molar-refractivity contribution in [3.05, 3.63) is 71.4 Å². The molecule has 9 heteroatoms. The van der Waals surface area contributed by atoms with Gasteiger partial charge in [0.1, 0.15) is 5.75 Å². The molecule has 0 radical (unpaired) electrons. The Morgan fingerprint density at radius 3 is 2.62 bits per heavy atom. The van der Waals surface area contributed by atoms with E-state index in [-0.39, 0.29) is 23.5 Å². The molecule has 0 aliphatic carbocycles. The third-order valence-corrected chi connectivity index (χ3v) is 9.11. The van der Waals surface area contributed by atoms with Crippen molar-refractivity contribution in [2.45, 2.75) is 32.2 Å². The molecule has 8 nitrogen and oxygen atoms in total. The largest absolute Gasteiger partial charge is 0.497 e. The van der Waals surface area contributed by atoms with Crippen molar-refractivity contribution in [1.29, 1.82) is 0 Å². The van der Waals surface area contributed by atoms with Crippen LogP contribution in [0.5, 0.6) is 5.75 Å². The third-order valence-electron chi connectivity index (χ3n) is 7.36. The van der Waals surface area contributed by atoms with E-state index in [0.29, 0.717) is 41.0 Å². The lowest BCUT2D eigenvalue weighted by Crippen LogP contribution is -2.35. The van der Waals surface area contributed by atoms with Gasteiger partial charge in [-0.2, -0.15) is 5.10 Å². The number of pyridine rings is 1. The number of nitrogens with zero attached hydrogens (tertiary/aromatic N) is 4. The van der Waals surface area contributed by atoms with Crippen LogP contribution in [-0.4, -0.2) is 54.2 Å². The van der Waals surface area contributed by atoms with Gasteiger partial charge >= 0.3 is 0 Å². The average Bonchev–Trinajstić information content (AvgIpc) is 3.45. The van der Waals surface area contributed by atoms with E-state index in [1.54, 1.807) is 11.8 Å². The molecule has 0 spiro atoms. The number of ether oxygens (including phenoxy) is 1. The molecule has 2 aliphatic rings. The summed E-state index contributed by atoms with van der Waals surface area (Å²) in [7, 11) is -1.51. The molecule has 1 saturated heterocycles. The molecule has 4 heterocycles. The Balaban J connectivity index is 1.54. The van der Waals surface area contributed by atoms with E-state index in [0.717, 1.165) is 35.4 Å². The van der Waals surface area contributed by atoms with Crippen molar-refractivity contribution in [2.24, 2.45) is 0 Å². The first-order chi connectivity index (χ1) is 17.8. The lowest BCUT2D eigenvalue weighted by Gasteiger charge is -2.29. The SMILES string of the molecule is COc1ccc(-c2cc(C(=O)N3CCCc4ccccc43)c3c(C)nn(C4CCS(=O)(=O)C4)c3n2)cc1. The predicted molar refractivity (Wildman–Crippen MR) is 143 cm³/mol. The Bertz CT molecular complexity index is 1630. The van der Waals surface area contributed by atoms with Gasteiger partial charge in [0, 0.05) is 17.8 Å². The predicted octanol–water partition coefficient (Wildman–Crippen LogP) is 4.37. The van der Waals surface area contributed by atoms with Crippen LogP contribution in [0.3, 0.4) is 0 Å². The molecule has 0 saturated carbocycles. The molecule has 6 rings (SSSR count). The van der Waals surface area contributed by atoms with Gasteiger partial charge in [0.25, 0.3) is 5.91 Å². The summed E-state index contributed by atoms with van der Waals surface area (Å²) in [6, 6.07) is 17.1. The summed E-state index contributed by atoms with van der Waals surface area (Å²) < 4.78 is 31.6. The van der Waals surface area contributed by atoms with Crippen LogP contribution in [0.1, 0.15) is 40.5 Å². The van der Waals surface area contributed by atoms with Gasteiger partial charge in [0.15, 0.2) is 15.5 Å². The standard InChI is InChI=1S/C28H28N4O4S/c1-18-26-23(28(33)31-14-5-7-20-6-3-4-8-25(20)31)16-24(19-9-11-22(36-2)12-10-19)29-27(26)32(30-18)21-13-15-37(34,35)17-21/h3-4,6,8-12,16,21H,5,7,13-15,17H2,1-2H3. The molecule has 2 aliphatic heterocycles. The number of hydrogen-bond acceptors (Lipinski definition) is 6. The van der Waals surface area contributed by atoms with Gasteiger partial charge in [0.05, 0.1) is 47.0 Å². The highest BCUT2D eigenvalue weighted by molar-refractivity contribution is 7.91. The minimum Gasteiger partial charge on any atom is -0.497 e. The average molecular weight is 517 g/mol. The van der Waals surface area contributed by atoms with Crippen LogP contribution in [0.2, 0.25) is 0 Å². The van der Waals surface area contributed by atoms with Crippen molar-refractivity contribution in [1.82, 2.24) is 14.8 Å². The molecular weight excluding hydrogens is 488 g/mol. The quantitative estimate of drug-likeness (QED) is 0.400. The first kappa shape index (κ1) is 23.7. The van der Waals surface area contributed by atoms with Crippen LogP contribution < -0.4 is 9.64 Å². The fourth-order valence-corrected chi connectivity index (χ4v) is 7.20. The first-order valence-corrected chi connectivity index (χ1v) is 14.3. The third kappa shape index (κ3) is 4.17. The number of aryl methyl sites for hydroxylation is 2. The molecule has 37 heavy (non-hydrogen) atoms. The van der Waals surface area contributed by atoms with Gasteiger partial charge in [-0.1, -0.05) is 18.2 Å². The fourth-order valence-electron chi connectivity index (χ4n) is 5.50. The Hall–Kier alpha value is -3.72. The minimum atomic E-state index is -3.13.